The van der Waals surface area contributed by atoms with Crippen LogP contribution in [0.1, 0.15) is 25.0 Å². The summed E-state index contributed by atoms with van der Waals surface area (Å²) in [7, 11) is 0. The molecule has 0 spiro atoms. The molecule has 2 heteroatoms. The van der Waals surface area contributed by atoms with E-state index in [4.69, 9.17) is 9.97 Å². The Morgan fingerprint density at radius 1 is 0.373 bits per heavy atom. The molecule has 0 saturated heterocycles. The van der Waals surface area contributed by atoms with Crippen molar-refractivity contribution in [2.45, 2.75) is 19.3 Å². The van der Waals surface area contributed by atoms with Crippen molar-refractivity contribution in [3.05, 3.63) is 181 Å². The summed E-state index contributed by atoms with van der Waals surface area (Å²) in [6.07, 6.45) is 0. The third kappa shape index (κ3) is 4.64. The Morgan fingerprint density at radius 2 is 0.941 bits per heavy atom. The van der Waals surface area contributed by atoms with E-state index in [9.17, 15) is 0 Å². The van der Waals surface area contributed by atoms with Crippen LogP contribution in [0.5, 0.6) is 0 Å². The van der Waals surface area contributed by atoms with Gasteiger partial charge < -0.3 is 0 Å². The van der Waals surface area contributed by atoms with Crippen LogP contribution in [-0.4, -0.2) is 9.97 Å². The highest BCUT2D eigenvalue weighted by molar-refractivity contribution is 6.06. The van der Waals surface area contributed by atoms with Crippen LogP contribution in [-0.2, 0) is 5.41 Å². The van der Waals surface area contributed by atoms with Crippen LogP contribution < -0.4 is 0 Å². The first kappa shape index (κ1) is 29.5. The molecule has 0 radical (unpaired) electrons. The normalized spacial score (nSPS) is 13.1. The van der Waals surface area contributed by atoms with Crippen molar-refractivity contribution < 1.29 is 0 Å². The molecule has 0 amide bonds. The summed E-state index contributed by atoms with van der Waals surface area (Å²) in [4.78, 5) is 10.4. The minimum Gasteiger partial charge on any atom is -0.228 e. The van der Waals surface area contributed by atoms with Crippen LogP contribution in [0.3, 0.4) is 0 Å². The Morgan fingerprint density at radius 3 is 1.71 bits per heavy atom. The summed E-state index contributed by atoms with van der Waals surface area (Å²) in [6.45, 7) is 4.73. The Kier molecular flexibility index (Phi) is 6.56. The minimum atomic E-state index is -0.0821. The molecule has 8 aromatic carbocycles. The fourth-order valence-electron chi connectivity index (χ4n) is 8.45. The summed E-state index contributed by atoms with van der Waals surface area (Å²) in [5.74, 6) is 0.719. The predicted molar refractivity (Wildman–Crippen MR) is 214 cm³/mol. The second-order valence-electron chi connectivity index (χ2n) is 14.2. The van der Waals surface area contributed by atoms with Gasteiger partial charge in [-0.3, -0.25) is 0 Å². The predicted octanol–water partition coefficient (Wildman–Crippen LogP) is 12.9. The highest BCUT2D eigenvalue weighted by Gasteiger charge is 2.37. The standard InChI is InChI=1S/C49H34N2/c1-49(2)44-28-24-34(29-43(44)42-25-23-32-14-7-9-19-37(32)47(42)49)36-26-27-41(39-21-11-10-20-38(36)39)46-30-45(50-48(51-46)33-15-4-3-5-16-33)40-22-12-17-31-13-6-8-18-35(31)40/h3-30H,1-2H3. The molecule has 9 aromatic rings. The molecular formula is C49H34N2. The molecule has 1 aliphatic carbocycles. The molecule has 10 rings (SSSR count). The van der Waals surface area contributed by atoms with Gasteiger partial charge in [-0.25, -0.2) is 9.97 Å². The van der Waals surface area contributed by atoms with Gasteiger partial charge in [0.15, 0.2) is 5.82 Å². The fourth-order valence-corrected chi connectivity index (χ4v) is 8.45. The number of hydrogen-bond acceptors (Lipinski definition) is 2. The van der Waals surface area contributed by atoms with Crippen molar-refractivity contribution in [2.24, 2.45) is 0 Å². The first-order valence-corrected chi connectivity index (χ1v) is 17.7. The van der Waals surface area contributed by atoms with Crippen molar-refractivity contribution in [2.75, 3.05) is 0 Å². The lowest BCUT2D eigenvalue weighted by Crippen LogP contribution is -2.15. The first-order valence-electron chi connectivity index (χ1n) is 17.7. The Hall–Kier alpha value is -6.38. The largest absolute Gasteiger partial charge is 0.228 e. The van der Waals surface area contributed by atoms with E-state index in [2.05, 4.69) is 166 Å². The van der Waals surface area contributed by atoms with Crippen LogP contribution in [0.15, 0.2) is 170 Å². The molecule has 2 nitrogen and oxygen atoms in total. The van der Waals surface area contributed by atoms with Gasteiger partial charge >= 0.3 is 0 Å². The Balaban J connectivity index is 1.16. The molecule has 1 heterocycles. The maximum atomic E-state index is 5.23. The number of nitrogens with zero attached hydrogens (tertiary/aromatic N) is 2. The van der Waals surface area contributed by atoms with Gasteiger partial charge in [-0.15, -0.1) is 0 Å². The second kappa shape index (κ2) is 11.3. The lowest BCUT2D eigenvalue weighted by atomic mass is 9.80. The Labute approximate surface area is 297 Å². The summed E-state index contributed by atoms with van der Waals surface area (Å²) >= 11 is 0. The van der Waals surface area contributed by atoms with Crippen LogP contribution >= 0.6 is 0 Å². The zero-order valence-corrected chi connectivity index (χ0v) is 28.6. The van der Waals surface area contributed by atoms with Gasteiger partial charge in [0.05, 0.1) is 11.4 Å². The van der Waals surface area contributed by atoms with Gasteiger partial charge in [0, 0.05) is 22.1 Å². The number of aromatic nitrogens is 2. The molecule has 0 aliphatic heterocycles. The van der Waals surface area contributed by atoms with Gasteiger partial charge in [0.1, 0.15) is 0 Å². The lowest BCUT2D eigenvalue weighted by molar-refractivity contribution is 0.666. The fraction of sp³-hybridized carbons (Fsp3) is 0.0612. The van der Waals surface area contributed by atoms with Crippen LogP contribution in [0.2, 0.25) is 0 Å². The highest BCUT2D eigenvalue weighted by atomic mass is 14.9. The monoisotopic (exact) mass is 650 g/mol. The summed E-state index contributed by atoms with van der Waals surface area (Å²) in [5, 5.41) is 7.39. The minimum absolute atomic E-state index is 0.0821. The average molecular weight is 651 g/mol. The molecule has 0 N–H and O–H groups in total. The Bertz CT molecular complexity index is 2820. The van der Waals surface area contributed by atoms with Gasteiger partial charge in [-0.1, -0.05) is 172 Å². The van der Waals surface area contributed by atoms with E-state index in [-0.39, 0.29) is 5.41 Å². The summed E-state index contributed by atoms with van der Waals surface area (Å²) in [5.41, 5.74) is 12.8. The maximum Gasteiger partial charge on any atom is 0.160 e. The zero-order chi connectivity index (χ0) is 34.1. The summed E-state index contributed by atoms with van der Waals surface area (Å²) < 4.78 is 0. The highest BCUT2D eigenvalue weighted by Crippen LogP contribution is 2.52. The van der Waals surface area contributed by atoms with E-state index in [0.29, 0.717) is 0 Å². The summed E-state index contributed by atoms with van der Waals surface area (Å²) in [6, 6.07) is 61.2. The molecular weight excluding hydrogens is 617 g/mol. The van der Waals surface area contributed by atoms with Crippen LogP contribution in [0.25, 0.3) is 88.5 Å². The van der Waals surface area contributed by atoms with Crippen LogP contribution in [0, 0.1) is 0 Å². The number of benzene rings is 8. The van der Waals surface area contributed by atoms with Gasteiger partial charge in [0.2, 0.25) is 0 Å². The van der Waals surface area contributed by atoms with E-state index in [0.717, 1.165) is 33.9 Å². The number of hydrogen-bond donors (Lipinski definition) is 0. The molecule has 0 atom stereocenters. The van der Waals surface area contributed by atoms with E-state index >= 15 is 0 Å². The van der Waals surface area contributed by atoms with E-state index in [1.54, 1.807) is 0 Å². The average Bonchev–Trinajstić information content (AvgIpc) is 3.43. The second-order valence-corrected chi connectivity index (χ2v) is 14.2. The molecule has 0 saturated carbocycles. The smallest absolute Gasteiger partial charge is 0.160 e. The number of rotatable bonds is 4. The zero-order valence-electron chi connectivity index (χ0n) is 28.6. The van der Waals surface area contributed by atoms with Gasteiger partial charge in [0.25, 0.3) is 0 Å². The lowest BCUT2D eigenvalue weighted by Gasteiger charge is -2.23. The van der Waals surface area contributed by atoms with Crippen LogP contribution in [0.4, 0.5) is 0 Å². The molecule has 0 unspecified atom stereocenters. The number of fused-ring (bicyclic) bond motifs is 7. The SMILES string of the molecule is CC1(C)c2ccc(-c3ccc(-c4cc(-c5cccc6ccccc56)nc(-c5ccccc5)n4)c4ccccc34)cc2-c2ccc3ccccc3c21. The van der Waals surface area contributed by atoms with Crippen molar-refractivity contribution in [1.29, 1.82) is 0 Å². The quantitative estimate of drug-likeness (QED) is 0.189. The van der Waals surface area contributed by atoms with E-state index in [1.165, 1.54) is 65.7 Å². The van der Waals surface area contributed by atoms with E-state index in [1.807, 2.05) is 18.2 Å². The van der Waals surface area contributed by atoms with E-state index < -0.39 is 0 Å². The molecule has 0 fully saturated rings. The van der Waals surface area contributed by atoms with Crippen molar-refractivity contribution in [1.82, 2.24) is 9.97 Å². The molecule has 1 aliphatic rings. The van der Waals surface area contributed by atoms with Gasteiger partial charge in [-0.05, 0) is 77.8 Å². The third-order valence-electron chi connectivity index (χ3n) is 10.9. The molecule has 240 valence electrons. The van der Waals surface area contributed by atoms with Crippen molar-refractivity contribution in [3.63, 3.8) is 0 Å². The maximum absolute atomic E-state index is 5.23. The third-order valence-corrected chi connectivity index (χ3v) is 10.9. The van der Waals surface area contributed by atoms with Crippen molar-refractivity contribution >= 4 is 32.3 Å². The molecule has 1 aromatic heterocycles. The van der Waals surface area contributed by atoms with Crippen molar-refractivity contribution in [3.8, 4) is 56.2 Å². The van der Waals surface area contributed by atoms with Gasteiger partial charge in [-0.2, -0.15) is 0 Å². The first-order chi connectivity index (χ1) is 25.0. The topological polar surface area (TPSA) is 25.8 Å². The molecule has 0 bridgehead atoms. The molecule has 51 heavy (non-hydrogen) atoms.